The number of ether oxygens (including phenoxy) is 1. The molecule has 1 aliphatic rings. The summed E-state index contributed by atoms with van der Waals surface area (Å²) in [6.07, 6.45) is 1.49. The number of benzene rings is 2. The van der Waals surface area contributed by atoms with E-state index in [9.17, 15) is 14.4 Å². The lowest BCUT2D eigenvalue weighted by molar-refractivity contribution is -0.145. The Morgan fingerprint density at radius 1 is 1.00 bits per heavy atom. The Morgan fingerprint density at radius 2 is 1.64 bits per heavy atom. The van der Waals surface area contributed by atoms with Gasteiger partial charge >= 0.3 is 5.97 Å². The average molecular weight is 337 g/mol. The second-order valence-corrected chi connectivity index (χ2v) is 6.21. The fourth-order valence-corrected chi connectivity index (χ4v) is 2.79. The third-order valence-electron chi connectivity index (χ3n) is 4.33. The number of carbonyl (C=O) groups is 3. The van der Waals surface area contributed by atoms with Crippen molar-refractivity contribution in [2.75, 3.05) is 11.9 Å². The van der Waals surface area contributed by atoms with Gasteiger partial charge in [0.2, 0.25) is 5.91 Å². The first-order valence-electron chi connectivity index (χ1n) is 8.15. The Balaban J connectivity index is 1.59. The van der Waals surface area contributed by atoms with Gasteiger partial charge in [-0.2, -0.15) is 0 Å². The molecule has 128 valence electrons. The highest BCUT2D eigenvalue weighted by Gasteiger charge is 2.52. The fraction of sp³-hybridized carbons (Fsp3) is 0.250. The molecule has 2 aromatic rings. The van der Waals surface area contributed by atoms with Crippen LogP contribution in [0, 0.1) is 0 Å². The molecule has 0 atom stereocenters. The first kappa shape index (κ1) is 16.9. The number of nitrogens with one attached hydrogen (secondary N) is 1. The van der Waals surface area contributed by atoms with Crippen molar-refractivity contribution in [2.45, 2.75) is 25.2 Å². The van der Waals surface area contributed by atoms with Crippen molar-refractivity contribution in [3.8, 4) is 0 Å². The van der Waals surface area contributed by atoms with E-state index in [2.05, 4.69) is 5.32 Å². The molecule has 0 bridgehead atoms. The van der Waals surface area contributed by atoms with Gasteiger partial charge in [0.15, 0.2) is 12.4 Å². The molecule has 0 unspecified atom stereocenters. The SMILES string of the molecule is CC(=O)Nc1ccc(C(=O)COC(=O)C2(c3ccccc3)CC2)cc1. The summed E-state index contributed by atoms with van der Waals surface area (Å²) in [5, 5.41) is 2.63. The van der Waals surface area contributed by atoms with Gasteiger partial charge in [-0.3, -0.25) is 14.4 Å². The molecule has 0 aliphatic heterocycles. The number of amides is 1. The van der Waals surface area contributed by atoms with E-state index in [-0.39, 0.29) is 24.3 Å². The molecule has 5 heteroatoms. The molecule has 1 N–H and O–H groups in total. The van der Waals surface area contributed by atoms with Crippen molar-refractivity contribution in [3.63, 3.8) is 0 Å². The smallest absolute Gasteiger partial charge is 0.317 e. The lowest BCUT2D eigenvalue weighted by Gasteiger charge is -2.14. The van der Waals surface area contributed by atoms with Crippen LogP contribution >= 0.6 is 0 Å². The van der Waals surface area contributed by atoms with Crippen molar-refractivity contribution >= 4 is 23.3 Å². The molecule has 1 saturated carbocycles. The van der Waals surface area contributed by atoms with Gasteiger partial charge in [0.25, 0.3) is 0 Å². The van der Waals surface area contributed by atoms with Crippen LogP contribution in [-0.4, -0.2) is 24.3 Å². The topological polar surface area (TPSA) is 72.5 Å². The molecule has 1 amide bonds. The predicted octanol–water partition coefficient (Wildman–Crippen LogP) is 3.10. The summed E-state index contributed by atoms with van der Waals surface area (Å²) in [6, 6.07) is 16.0. The molecule has 25 heavy (non-hydrogen) atoms. The molecular formula is C20H19NO4. The lowest BCUT2D eigenvalue weighted by Crippen LogP contribution is -2.25. The molecule has 0 saturated heterocycles. The zero-order valence-corrected chi connectivity index (χ0v) is 14.0. The van der Waals surface area contributed by atoms with E-state index in [0.717, 1.165) is 18.4 Å². The van der Waals surface area contributed by atoms with Crippen LogP contribution in [0.5, 0.6) is 0 Å². The van der Waals surface area contributed by atoms with Crippen molar-refractivity contribution in [1.82, 2.24) is 0 Å². The van der Waals surface area contributed by atoms with Crippen LogP contribution in [0.4, 0.5) is 5.69 Å². The second kappa shape index (κ2) is 6.89. The minimum absolute atomic E-state index is 0.177. The molecule has 2 aromatic carbocycles. The summed E-state index contributed by atoms with van der Waals surface area (Å²) in [4.78, 5) is 35.6. The van der Waals surface area contributed by atoms with Gasteiger partial charge in [-0.1, -0.05) is 30.3 Å². The Hall–Kier alpha value is -2.95. The van der Waals surface area contributed by atoms with Crippen molar-refractivity contribution in [2.24, 2.45) is 0 Å². The van der Waals surface area contributed by atoms with E-state index in [1.165, 1.54) is 6.92 Å². The normalized spacial score (nSPS) is 14.4. The number of rotatable bonds is 6. The Labute approximate surface area is 146 Å². The highest BCUT2D eigenvalue weighted by Crippen LogP contribution is 2.49. The number of hydrogen-bond donors (Lipinski definition) is 1. The second-order valence-electron chi connectivity index (χ2n) is 6.21. The van der Waals surface area contributed by atoms with Crippen molar-refractivity contribution in [3.05, 3.63) is 65.7 Å². The molecule has 0 spiro atoms. The summed E-state index contributed by atoms with van der Waals surface area (Å²) in [6.45, 7) is 1.13. The highest BCUT2D eigenvalue weighted by atomic mass is 16.5. The Bertz CT molecular complexity index is 792. The quantitative estimate of drug-likeness (QED) is 0.649. The van der Waals surface area contributed by atoms with Crippen LogP contribution in [0.25, 0.3) is 0 Å². The predicted molar refractivity (Wildman–Crippen MR) is 93.4 cm³/mol. The molecule has 0 aromatic heterocycles. The van der Waals surface area contributed by atoms with Crippen molar-refractivity contribution in [1.29, 1.82) is 0 Å². The van der Waals surface area contributed by atoms with Crippen molar-refractivity contribution < 1.29 is 19.1 Å². The molecule has 1 aliphatic carbocycles. The average Bonchev–Trinajstić information content (AvgIpc) is 3.42. The van der Waals surface area contributed by atoms with E-state index in [4.69, 9.17) is 4.74 Å². The van der Waals surface area contributed by atoms with E-state index in [0.29, 0.717) is 11.3 Å². The molecule has 1 fully saturated rings. The van der Waals surface area contributed by atoms with E-state index in [1.807, 2.05) is 30.3 Å². The minimum Gasteiger partial charge on any atom is -0.457 e. The number of esters is 1. The zero-order chi connectivity index (χ0) is 17.9. The summed E-state index contributed by atoms with van der Waals surface area (Å²) in [5.74, 6) is -0.794. The number of ketones is 1. The minimum atomic E-state index is -0.587. The summed E-state index contributed by atoms with van der Waals surface area (Å²) in [7, 11) is 0. The van der Waals surface area contributed by atoms with Gasteiger partial charge in [-0.25, -0.2) is 0 Å². The van der Waals surface area contributed by atoms with Gasteiger partial charge < -0.3 is 10.1 Å². The van der Waals surface area contributed by atoms with Crippen LogP contribution in [-0.2, 0) is 19.7 Å². The highest BCUT2D eigenvalue weighted by molar-refractivity contribution is 5.99. The van der Waals surface area contributed by atoms with Gasteiger partial charge in [0.1, 0.15) is 0 Å². The summed E-state index contributed by atoms with van der Waals surface area (Å²) in [5.41, 5.74) is 1.40. The summed E-state index contributed by atoms with van der Waals surface area (Å²) < 4.78 is 5.28. The van der Waals surface area contributed by atoms with E-state index >= 15 is 0 Å². The number of carbonyl (C=O) groups excluding carboxylic acids is 3. The fourth-order valence-electron chi connectivity index (χ4n) is 2.79. The van der Waals surface area contributed by atoms with Crippen LogP contribution in [0.2, 0.25) is 0 Å². The van der Waals surface area contributed by atoms with Crippen LogP contribution in [0.15, 0.2) is 54.6 Å². The van der Waals surface area contributed by atoms with Crippen LogP contribution in [0.1, 0.15) is 35.7 Å². The maximum atomic E-state index is 12.4. The molecule has 3 rings (SSSR count). The first-order chi connectivity index (χ1) is 12.0. The van der Waals surface area contributed by atoms with Gasteiger partial charge in [-0.05, 0) is 42.7 Å². The number of hydrogen-bond acceptors (Lipinski definition) is 4. The lowest BCUT2D eigenvalue weighted by atomic mass is 9.96. The van der Waals surface area contributed by atoms with Crippen LogP contribution in [0.3, 0.4) is 0 Å². The Kier molecular flexibility index (Phi) is 4.65. The number of anilines is 1. The molecule has 5 nitrogen and oxygen atoms in total. The first-order valence-corrected chi connectivity index (χ1v) is 8.15. The summed E-state index contributed by atoms with van der Waals surface area (Å²) >= 11 is 0. The van der Waals surface area contributed by atoms with Crippen LogP contribution < -0.4 is 5.32 Å². The zero-order valence-electron chi connectivity index (χ0n) is 14.0. The molecular weight excluding hydrogens is 318 g/mol. The third-order valence-corrected chi connectivity index (χ3v) is 4.33. The van der Waals surface area contributed by atoms with Gasteiger partial charge in [0, 0.05) is 18.2 Å². The largest absolute Gasteiger partial charge is 0.457 e. The maximum absolute atomic E-state index is 12.4. The van der Waals surface area contributed by atoms with Gasteiger partial charge in [0.05, 0.1) is 5.41 Å². The maximum Gasteiger partial charge on any atom is 0.317 e. The number of Topliss-reactive ketones (excluding diaryl/α,β-unsaturated/α-hetero) is 1. The van der Waals surface area contributed by atoms with E-state index < -0.39 is 5.41 Å². The molecule has 0 heterocycles. The Morgan fingerprint density at radius 3 is 2.20 bits per heavy atom. The monoisotopic (exact) mass is 337 g/mol. The van der Waals surface area contributed by atoms with E-state index in [1.54, 1.807) is 24.3 Å². The molecule has 0 radical (unpaired) electrons. The standard InChI is InChI=1S/C20H19NO4/c1-14(22)21-17-9-7-15(8-10-17)18(23)13-25-19(24)20(11-12-20)16-5-3-2-4-6-16/h2-10H,11-13H2,1H3,(H,21,22). The third kappa shape index (κ3) is 3.76. The van der Waals surface area contributed by atoms with Gasteiger partial charge in [-0.15, -0.1) is 0 Å².